The quantitative estimate of drug-likeness (QED) is 0.250. The van der Waals surface area contributed by atoms with Crippen molar-refractivity contribution in [3.05, 3.63) is 143 Å². The Kier molecular flexibility index (Phi) is 3.24. The van der Waals surface area contributed by atoms with Crippen molar-refractivity contribution in [3.8, 4) is 22.3 Å². The summed E-state index contributed by atoms with van der Waals surface area (Å²) in [5.41, 5.74) is 13.4. The minimum Gasteiger partial charge on any atom is -0.284 e. The molecule has 0 saturated heterocycles. The first-order chi connectivity index (χ1) is 16.4. The third-order valence-electron chi connectivity index (χ3n) is 8.05. The normalized spacial score (nSPS) is 21.2. The zero-order chi connectivity index (χ0) is 21.6. The molecule has 0 aromatic heterocycles. The first-order valence-corrected chi connectivity index (χ1v) is 11.7. The van der Waals surface area contributed by atoms with Crippen LogP contribution in [0.2, 0.25) is 0 Å². The first-order valence-electron chi connectivity index (χ1n) is 11.7. The molecule has 1 aliphatic heterocycles. The van der Waals surface area contributed by atoms with Gasteiger partial charge in [-0.15, -0.1) is 0 Å². The molecule has 8 rings (SSSR count). The van der Waals surface area contributed by atoms with Gasteiger partial charge in [0.15, 0.2) is 0 Å². The van der Waals surface area contributed by atoms with Crippen LogP contribution in [0, 0.1) is 0 Å². The summed E-state index contributed by atoms with van der Waals surface area (Å²) >= 11 is 0. The molecule has 4 aromatic rings. The summed E-state index contributed by atoms with van der Waals surface area (Å²) in [6, 6.07) is 32.1. The van der Waals surface area contributed by atoms with E-state index in [1.54, 1.807) is 0 Å². The van der Waals surface area contributed by atoms with Crippen molar-refractivity contribution in [1.82, 2.24) is 0 Å². The average molecular weight is 420 g/mol. The molecule has 4 aromatic carbocycles. The lowest BCUT2D eigenvalue weighted by atomic mass is 9.70. The molecule has 0 fully saturated rings. The van der Waals surface area contributed by atoms with Gasteiger partial charge in [-0.05, 0) is 67.8 Å². The highest BCUT2D eigenvalue weighted by atomic mass is 14.8. The van der Waals surface area contributed by atoms with Crippen LogP contribution in [0.4, 0.5) is 0 Å². The van der Waals surface area contributed by atoms with E-state index in [9.17, 15) is 0 Å². The van der Waals surface area contributed by atoms with Gasteiger partial charge < -0.3 is 0 Å². The van der Waals surface area contributed by atoms with E-state index in [0.29, 0.717) is 5.92 Å². The molecule has 2 unspecified atom stereocenters. The van der Waals surface area contributed by atoms with Crippen LogP contribution in [-0.4, -0.2) is 12.3 Å². The summed E-state index contributed by atoms with van der Waals surface area (Å²) < 4.78 is 0. The molecule has 1 spiro atoms. The van der Waals surface area contributed by atoms with Gasteiger partial charge in [0.05, 0.1) is 11.5 Å². The van der Waals surface area contributed by atoms with Gasteiger partial charge in [0, 0.05) is 12.1 Å². The number of rotatable bonds is 0. The van der Waals surface area contributed by atoms with E-state index in [4.69, 9.17) is 4.99 Å². The average Bonchev–Trinajstić information content (AvgIpc) is 3.35. The molecule has 33 heavy (non-hydrogen) atoms. The molecule has 4 aliphatic rings. The van der Waals surface area contributed by atoms with Gasteiger partial charge in [0.1, 0.15) is 0 Å². The molecule has 1 heteroatoms. The van der Waals surface area contributed by atoms with Crippen LogP contribution < -0.4 is 0 Å². The minimum absolute atomic E-state index is 0.207. The van der Waals surface area contributed by atoms with Crippen LogP contribution in [0.5, 0.6) is 0 Å². The third-order valence-corrected chi connectivity index (χ3v) is 8.05. The number of benzene rings is 4. The smallest absolute Gasteiger partial charge is 0.0786 e. The summed E-state index contributed by atoms with van der Waals surface area (Å²) in [7, 11) is 0. The van der Waals surface area contributed by atoms with Gasteiger partial charge in [-0.1, -0.05) is 97.1 Å². The van der Waals surface area contributed by atoms with Gasteiger partial charge in [-0.25, -0.2) is 0 Å². The van der Waals surface area contributed by atoms with Gasteiger partial charge in [0.25, 0.3) is 0 Å². The molecule has 3 aliphatic carbocycles. The van der Waals surface area contributed by atoms with Crippen LogP contribution in [0.25, 0.3) is 22.3 Å². The lowest BCUT2D eigenvalue weighted by Gasteiger charge is -2.32. The molecular formula is C32H21N. The van der Waals surface area contributed by atoms with E-state index in [1.165, 1.54) is 55.6 Å². The lowest BCUT2D eigenvalue weighted by molar-refractivity contribution is 0.705. The Hall–Kier alpha value is -3.97. The standard InChI is InChI=1S/C32H21N/c1-5-13-27-21(9-1)22-10-2-6-14-28(22)32(27)29-15-7-3-11-23(29)26-18-25-20(17-30(26)32)19-33-31-16-8-4-12-24(25)31/h1-19,24,31H. The van der Waals surface area contributed by atoms with Gasteiger partial charge in [-0.3, -0.25) is 4.99 Å². The number of nitrogens with zero attached hydrogens (tertiary/aromatic N) is 1. The molecule has 1 nitrogen and oxygen atoms in total. The fourth-order valence-electron chi connectivity index (χ4n) is 6.76. The van der Waals surface area contributed by atoms with Crippen molar-refractivity contribution in [3.63, 3.8) is 0 Å². The minimum atomic E-state index is -0.277. The number of allylic oxidation sites excluding steroid dienone is 2. The highest BCUT2D eigenvalue weighted by Gasteiger charge is 2.51. The van der Waals surface area contributed by atoms with Crippen LogP contribution in [-0.2, 0) is 5.41 Å². The number of hydrogen-bond acceptors (Lipinski definition) is 1. The van der Waals surface area contributed by atoms with E-state index in [1.807, 2.05) is 0 Å². The Bertz CT molecular complexity index is 1540. The van der Waals surface area contributed by atoms with Crippen LogP contribution in [0.1, 0.15) is 39.3 Å². The Morgan fingerprint density at radius 3 is 1.82 bits per heavy atom. The van der Waals surface area contributed by atoms with E-state index in [0.717, 1.165) is 0 Å². The summed E-state index contributed by atoms with van der Waals surface area (Å²) in [6.07, 6.45) is 10.9. The summed E-state index contributed by atoms with van der Waals surface area (Å²) in [6.45, 7) is 0. The molecule has 2 atom stereocenters. The van der Waals surface area contributed by atoms with Crippen molar-refractivity contribution < 1.29 is 0 Å². The molecule has 1 heterocycles. The van der Waals surface area contributed by atoms with Crippen molar-refractivity contribution in [2.24, 2.45) is 4.99 Å². The molecule has 0 radical (unpaired) electrons. The molecule has 0 N–H and O–H groups in total. The molecule has 0 amide bonds. The predicted molar refractivity (Wildman–Crippen MR) is 135 cm³/mol. The fourth-order valence-corrected chi connectivity index (χ4v) is 6.76. The Morgan fingerprint density at radius 2 is 1.15 bits per heavy atom. The number of fused-ring (bicyclic) bond motifs is 13. The van der Waals surface area contributed by atoms with Crippen LogP contribution in [0.3, 0.4) is 0 Å². The molecule has 0 bridgehead atoms. The van der Waals surface area contributed by atoms with Crippen molar-refractivity contribution in [2.45, 2.75) is 17.4 Å². The highest BCUT2D eigenvalue weighted by molar-refractivity contribution is 5.97. The molecule has 0 saturated carbocycles. The zero-order valence-corrected chi connectivity index (χ0v) is 18.1. The van der Waals surface area contributed by atoms with Crippen LogP contribution >= 0.6 is 0 Å². The Morgan fingerprint density at radius 1 is 0.576 bits per heavy atom. The van der Waals surface area contributed by atoms with E-state index in [2.05, 4.69) is 115 Å². The summed E-state index contributed by atoms with van der Waals surface area (Å²) in [5, 5.41) is 0. The van der Waals surface area contributed by atoms with E-state index < -0.39 is 0 Å². The van der Waals surface area contributed by atoms with Crippen LogP contribution in [0.15, 0.2) is 114 Å². The summed E-state index contributed by atoms with van der Waals surface area (Å²) in [5.74, 6) is 0.312. The highest BCUT2D eigenvalue weighted by Crippen LogP contribution is 2.63. The second-order valence-corrected chi connectivity index (χ2v) is 9.48. The van der Waals surface area contributed by atoms with E-state index >= 15 is 0 Å². The number of hydrogen-bond donors (Lipinski definition) is 0. The summed E-state index contributed by atoms with van der Waals surface area (Å²) in [4.78, 5) is 4.91. The second kappa shape index (κ2) is 6.08. The topological polar surface area (TPSA) is 12.4 Å². The number of aliphatic imine (C=N–C) groups is 1. The van der Waals surface area contributed by atoms with E-state index in [-0.39, 0.29) is 11.5 Å². The Labute approximate surface area is 193 Å². The van der Waals surface area contributed by atoms with Crippen molar-refractivity contribution >= 4 is 6.21 Å². The molecule has 154 valence electrons. The molecular weight excluding hydrogens is 398 g/mol. The maximum atomic E-state index is 4.91. The largest absolute Gasteiger partial charge is 0.284 e. The van der Waals surface area contributed by atoms with Gasteiger partial charge in [-0.2, -0.15) is 0 Å². The monoisotopic (exact) mass is 419 g/mol. The Balaban J connectivity index is 1.52. The lowest BCUT2D eigenvalue weighted by Crippen LogP contribution is -2.27. The van der Waals surface area contributed by atoms with Gasteiger partial charge >= 0.3 is 0 Å². The first kappa shape index (κ1) is 17.6. The third kappa shape index (κ3) is 2.02. The maximum absolute atomic E-state index is 4.91. The predicted octanol–water partition coefficient (Wildman–Crippen LogP) is 7.04. The maximum Gasteiger partial charge on any atom is 0.0786 e. The SMILES string of the molecule is C1=CC2N=Cc3cc4c(cc3C2C=C1)-c1ccccc1C41c2ccccc2-c2ccccc21. The second-order valence-electron chi connectivity index (χ2n) is 9.48. The van der Waals surface area contributed by atoms with Crippen molar-refractivity contribution in [2.75, 3.05) is 0 Å². The van der Waals surface area contributed by atoms with Gasteiger partial charge in [0.2, 0.25) is 0 Å². The fraction of sp³-hybridized carbons (Fsp3) is 0.0938. The van der Waals surface area contributed by atoms with Crippen molar-refractivity contribution in [1.29, 1.82) is 0 Å². The zero-order valence-electron chi connectivity index (χ0n) is 18.1.